The van der Waals surface area contributed by atoms with Crippen LogP contribution in [0.1, 0.15) is 23.1 Å². The van der Waals surface area contributed by atoms with E-state index in [1.54, 1.807) is 0 Å². The van der Waals surface area contributed by atoms with Crippen molar-refractivity contribution < 1.29 is 9.84 Å². The van der Waals surface area contributed by atoms with E-state index in [4.69, 9.17) is 4.74 Å². The quantitative estimate of drug-likeness (QED) is 0.811. The van der Waals surface area contributed by atoms with E-state index in [-0.39, 0.29) is 17.6 Å². The molecule has 0 radical (unpaired) electrons. The standard InChI is InChI=1S/C24H26N2O2/c1-26-12-11-24-17-8-9-18(25-14-15-5-3-2-4-6-15)23(24)28-22-20(27)10-7-16(21(22)24)13-19(17)26/h2-10,17-19,23,25,27H,11-14H2,1H3/t17?,18-,19+,23-,24?/m0/s1. The molecule has 4 aliphatic rings. The Morgan fingerprint density at radius 3 is 2.89 bits per heavy atom. The number of rotatable bonds is 3. The third-order valence-corrected chi connectivity index (χ3v) is 7.56. The van der Waals surface area contributed by atoms with Gasteiger partial charge in [-0.15, -0.1) is 0 Å². The molecule has 2 aliphatic heterocycles. The van der Waals surface area contributed by atoms with Crippen molar-refractivity contribution in [3.05, 3.63) is 71.3 Å². The lowest BCUT2D eigenvalue weighted by Gasteiger charge is -2.57. The van der Waals surface area contributed by atoms with Gasteiger partial charge in [0.25, 0.3) is 0 Å². The number of aromatic hydroxyl groups is 1. The lowest BCUT2D eigenvalue weighted by molar-refractivity contribution is -0.00936. The van der Waals surface area contributed by atoms with E-state index in [0.717, 1.165) is 31.7 Å². The first-order valence-electron chi connectivity index (χ1n) is 10.4. The van der Waals surface area contributed by atoms with Crippen LogP contribution in [-0.2, 0) is 18.4 Å². The largest absolute Gasteiger partial charge is 0.504 e. The van der Waals surface area contributed by atoms with Crippen LogP contribution < -0.4 is 10.1 Å². The molecule has 28 heavy (non-hydrogen) atoms. The van der Waals surface area contributed by atoms with Crippen molar-refractivity contribution in [2.45, 2.75) is 43.0 Å². The molecule has 4 heteroatoms. The minimum atomic E-state index is -0.0259. The third kappa shape index (κ3) is 2.08. The number of phenols is 1. The molecule has 2 aromatic carbocycles. The summed E-state index contributed by atoms with van der Waals surface area (Å²) in [5.74, 6) is 1.48. The number of likely N-dealkylation sites (tertiary alicyclic amines) is 1. The van der Waals surface area contributed by atoms with Crippen molar-refractivity contribution in [3.8, 4) is 11.5 Å². The number of benzene rings is 2. The summed E-state index contributed by atoms with van der Waals surface area (Å²) >= 11 is 0. The van der Waals surface area contributed by atoms with Crippen LogP contribution in [-0.4, -0.2) is 41.8 Å². The fraction of sp³-hybridized carbons (Fsp3) is 0.417. The molecule has 2 aliphatic carbocycles. The average molecular weight is 374 g/mol. The van der Waals surface area contributed by atoms with E-state index in [9.17, 15) is 5.11 Å². The summed E-state index contributed by atoms with van der Waals surface area (Å²) in [5, 5.41) is 14.3. The normalized spacial score (nSPS) is 34.8. The van der Waals surface area contributed by atoms with E-state index in [1.807, 2.05) is 6.07 Å². The summed E-state index contributed by atoms with van der Waals surface area (Å²) < 4.78 is 6.56. The zero-order valence-electron chi connectivity index (χ0n) is 16.1. The Morgan fingerprint density at radius 2 is 2.04 bits per heavy atom. The topological polar surface area (TPSA) is 44.7 Å². The number of hydrogen-bond donors (Lipinski definition) is 2. The van der Waals surface area contributed by atoms with Crippen LogP contribution in [0.25, 0.3) is 0 Å². The Morgan fingerprint density at radius 1 is 1.18 bits per heavy atom. The fourth-order valence-corrected chi connectivity index (χ4v) is 6.27. The Hall–Kier alpha value is -2.30. The third-order valence-electron chi connectivity index (χ3n) is 7.56. The molecule has 2 aromatic rings. The molecular weight excluding hydrogens is 348 g/mol. The van der Waals surface area contributed by atoms with Crippen LogP contribution in [0.5, 0.6) is 11.5 Å². The second-order valence-corrected chi connectivity index (χ2v) is 8.83. The van der Waals surface area contributed by atoms with Gasteiger partial charge in [0.05, 0.1) is 6.04 Å². The number of likely N-dealkylation sites (N-methyl/N-ethyl adjacent to an activating group) is 1. The summed E-state index contributed by atoms with van der Waals surface area (Å²) in [4.78, 5) is 2.52. The lowest BCUT2D eigenvalue weighted by Crippen LogP contribution is -2.66. The van der Waals surface area contributed by atoms with Gasteiger partial charge in [-0.05, 0) is 43.6 Å². The number of nitrogens with zero attached hydrogens (tertiary/aromatic N) is 1. The first kappa shape index (κ1) is 16.6. The van der Waals surface area contributed by atoms with E-state index in [1.165, 1.54) is 16.7 Å². The van der Waals surface area contributed by atoms with Crippen LogP contribution in [0.3, 0.4) is 0 Å². The molecule has 0 amide bonds. The van der Waals surface area contributed by atoms with Gasteiger partial charge in [0.15, 0.2) is 11.5 Å². The van der Waals surface area contributed by atoms with Crippen LogP contribution in [0, 0.1) is 5.92 Å². The summed E-state index contributed by atoms with van der Waals surface area (Å²) in [5.41, 5.74) is 3.91. The fourth-order valence-electron chi connectivity index (χ4n) is 6.27. The lowest BCUT2D eigenvalue weighted by atomic mass is 9.53. The molecule has 6 rings (SSSR count). The number of piperidine rings is 1. The Labute approximate surface area is 165 Å². The first-order valence-corrected chi connectivity index (χ1v) is 10.4. The molecular formula is C24H26N2O2. The monoisotopic (exact) mass is 374 g/mol. The molecule has 1 fully saturated rings. The number of nitrogens with one attached hydrogen (secondary N) is 1. The highest BCUT2D eigenvalue weighted by Gasteiger charge is 2.64. The molecule has 2 bridgehead atoms. The van der Waals surface area contributed by atoms with Crippen LogP contribution in [0.2, 0.25) is 0 Å². The second-order valence-electron chi connectivity index (χ2n) is 8.83. The van der Waals surface area contributed by atoms with Crippen LogP contribution in [0.4, 0.5) is 0 Å². The van der Waals surface area contributed by atoms with Crippen molar-refractivity contribution in [3.63, 3.8) is 0 Å². The van der Waals surface area contributed by atoms with Crippen LogP contribution in [0.15, 0.2) is 54.6 Å². The second kappa shape index (κ2) is 5.85. The SMILES string of the molecule is CN1CCC23c4c5ccc(O)c4O[C@H]2[C@@H](NCc2ccccc2)C=CC3[C@H]1C5. The number of phenolic OH excluding ortho intramolecular Hbond substituents is 1. The zero-order chi connectivity index (χ0) is 18.9. The minimum absolute atomic E-state index is 0.0259. The minimum Gasteiger partial charge on any atom is -0.504 e. The molecule has 4 nitrogen and oxygen atoms in total. The smallest absolute Gasteiger partial charge is 0.165 e. The van der Waals surface area contributed by atoms with Crippen molar-refractivity contribution in [1.29, 1.82) is 0 Å². The Kier molecular flexibility index (Phi) is 3.48. The average Bonchev–Trinajstić information content (AvgIpc) is 3.07. The van der Waals surface area contributed by atoms with E-state index < -0.39 is 0 Å². The van der Waals surface area contributed by atoms with E-state index >= 15 is 0 Å². The summed E-state index contributed by atoms with van der Waals surface area (Å²) in [6, 6.07) is 15.1. The highest BCUT2D eigenvalue weighted by Crippen LogP contribution is 2.62. The predicted molar refractivity (Wildman–Crippen MR) is 109 cm³/mol. The van der Waals surface area contributed by atoms with Crippen LogP contribution >= 0.6 is 0 Å². The number of ether oxygens (including phenoxy) is 1. The first-order chi connectivity index (χ1) is 13.7. The molecule has 1 spiro atoms. The van der Waals surface area contributed by atoms with Crippen molar-refractivity contribution in [2.24, 2.45) is 5.92 Å². The van der Waals surface area contributed by atoms with Gasteiger partial charge < -0.3 is 20.1 Å². The van der Waals surface area contributed by atoms with Gasteiger partial charge in [-0.25, -0.2) is 0 Å². The van der Waals surface area contributed by atoms with Gasteiger partial charge in [-0.2, -0.15) is 0 Å². The van der Waals surface area contributed by atoms with E-state index in [0.29, 0.717) is 17.7 Å². The van der Waals surface area contributed by atoms with Gasteiger partial charge in [0.2, 0.25) is 0 Å². The molecule has 2 unspecified atom stereocenters. The van der Waals surface area contributed by atoms with E-state index in [2.05, 4.69) is 65.8 Å². The molecule has 0 aromatic heterocycles. The van der Waals surface area contributed by atoms with Gasteiger partial charge in [-0.1, -0.05) is 48.6 Å². The maximum Gasteiger partial charge on any atom is 0.165 e. The molecule has 5 atom stereocenters. The molecule has 0 saturated carbocycles. The number of hydrogen-bond acceptors (Lipinski definition) is 4. The Bertz CT molecular complexity index is 957. The Balaban J connectivity index is 1.43. The maximum absolute atomic E-state index is 10.6. The van der Waals surface area contributed by atoms with Gasteiger partial charge in [0, 0.05) is 29.5 Å². The summed E-state index contributed by atoms with van der Waals surface area (Å²) in [6.07, 6.45) is 6.90. The zero-order valence-corrected chi connectivity index (χ0v) is 16.1. The maximum atomic E-state index is 10.6. The highest BCUT2D eigenvalue weighted by atomic mass is 16.5. The molecule has 144 valence electrons. The molecule has 1 saturated heterocycles. The van der Waals surface area contributed by atoms with Crippen molar-refractivity contribution in [2.75, 3.05) is 13.6 Å². The van der Waals surface area contributed by atoms with Crippen molar-refractivity contribution >= 4 is 0 Å². The van der Waals surface area contributed by atoms with Gasteiger partial charge >= 0.3 is 0 Å². The van der Waals surface area contributed by atoms with Gasteiger partial charge in [0.1, 0.15) is 6.10 Å². The predicted octanol–water partition coefficient (Wildman–Crippen LogP) is 3.00. The molecule has 2 N–H and O–H groups in total. The van der Waals surface area contributed by atoms with Crippen molar-refractivity contribution in [1.82, 2.24) is 10.2 Å². The summed E-state index contributed by atoms with van der Waals surface area (Å²) in [6.45, 7) is 1.89. The summed E-state index contributed by atoms with van der Waals surface area (Å²) in [7, 11) is 2.25. The molecule has 2 heterocycles. The highest BCUT2D eigenvalue weighted by molar-refractivity contribution is 5.61. The van der Waals surface area contributed by atoms with Gasteiger partial charge in [-0.3, -0.25) is 0 Å².